The number of nitrogens with zero attached hydrogens (tertiary/aromatic N) is 4. The zero-order valence-electron chi connectivity index (χ0n) is 19.1. The van der Waals surface area contributed by atoms with Gasteiger partial charge >= 0.3 is 0 Å². The third kappa shape index (κ3) is 3.83. The number of piperidine rings is 1. The number of hydrogen-bond donors (Lipinski definition) is 2. The molecule has 2 saturated heterocycles. The monoisotopic (exact) mass is 476 g/mol. The van der Waals surface area contributed by atoms with Crippen molar-refractivity contribution in [2.24, 2.45) is 0 Å². The highest BCUT2D eigenvalue weighted by atomic mass is 19.1. The molecule has 3 amide bonds. The zero-order chi connectivity index (χ0) is 24.1. The number of carbonyl (C=O) groups is 3. The smallest absolute Gasteiger partial charge is 0.255 e. The van der Waals surface area contributed by atoms with Crippen LogP contribution >= 0.6 is 0 Å². The number of imide groups is 1. The summed E-state index contributed by atoms with van der Waals surface area (Å²) in [6.45, 7) is 3.89. The van der Waals surface area contributed by atoms with E-state index in [9.17, 15) is 14.4 Å². The number of aromatic nitrogens is 2. The number of para-hydroxylation sites is 1. The highest BCUT2D eigenvalue weighted by Crippen LogP contribution is 2.33. The first-order valence-electron chi connectivity index (χ1n) is 11.8. The number of halogens is 1. The molecule has 3 aromatic rings. The van der Waals surface area contributed by atoms with Crippen molar-refractivity contribution in [1.29, 1.82) is 0 Å². The van der Waals surface area contributed by atoms with Crippen molar-refractivity contribution in [3.8, 4) is 0 Å². The molecule has 0 aliphatic carbocycles. The molecule has 1 atom stereocenters. The predicted octanol–water partition coefficient (Wildman–Crippen LogP) is 1.79. The molecule has 10 heteroatoms. The van der Waals surface area contributed by atoms with Crippen LogP contribution < -0.4 is 10.2 Å². The second-order valence-electron chi connectivity index (χ2n) is 9.34. The van der Waals surface area contributed by atoms with Crippen LogP contribution in [0.5, 0.6) is 0 Å². The van der Waals surface area contributed by atoms with Crippen LogP contribution in [0.4, 0.5) is 10.1 Å². The number of benzene rings is 2. The van der Waals surface area contributed by atoms with Crippen LogP contribution in [-0.2, 0) is 22.7 Å². The molecule has 180 valence electrons. The van der Waals surface area contributed by atoms with E-state index in [4.69, 9.17) is 0 Å². The van der Waals surface area contributed by atoms with Gasteiger partial charge in [0.15, 0.2) is 0 Å². The maximum absolute atomic E-state index is 15.1. The molecule has 2 N–H and O–H groups in total. The van der Waals surface area contributed by atoms with Gasteiger partial charge in [0.1, 0.15) is 11.9 Å². The summed E-state index contributed by atoms with van der Waals surface area (Å²) in [6.07, 6.45) is 2.18. The first kappa shape index (κ1) is 21.7. The van der Waals surface area contributed by atoms with Crippen molar-refractivity contribution >= 4 is 34.4 Å². The molecule has 6 rings (SSSR count). The van der Waals surface area contributed by atoms with E-state index in [1.807, 2.05) is 17.0 Å². The quantitative estimate of drug-likeness (QED) is 0.557. The molecule has 1 unspecified atom stereocenters. The normalized spacial score (nSPS) is 21.1. The van der Waals surface area contributed by atoms with E-state index < -0.39 is 17.8 Å². The van der Waals surface area contributed by atoms with Gasteiger partial charge in [0, 0.05) is 51.3 Å². The molecule has 2 fully saturated rings. The lowest BCUT2D eigenvalue weighted by molar-refractivity contribution is -0.136. The van der Waals surface area contributed by atoms with Crippen molar-refractivity contribution in [3.63, 3.8) is 0 Å². The number of hydrogen-bond acceptors (Lipinski definition) is 6. The fourth-order valence-electron chi connectivity index (χ4n) is 5.36. The highest BCUT2D eigenvalue weighted by Gasteiger charge is 2.40. The number of imidazole rings is 1. The Morgan fingerprint density at radius 3 is 2.71 bits per heavy atom. The van der Waals surface area contributed by atoms with Gasteiger partial charge in [0.2, 0.25) is 11.8 Å². The summed E-state index contributed by atoms with van der Waals surface area (Å²) < 4.78 is 15.1. The standard InChI is InChI=1S/C25H25FN6O3/c26-18-11-17-16(13-32(25(17)35)20-4-5-22(33)29-24(20)34)10-21(18)31-8-6-30(7-9-31)12-15-2-1-3-19-23(15)28-14-27-19/h1-3,10-11,14,20H,4-9,12-13H2,(H,27,28)(H,29,33,34). The second kappa shape index (κ2) is 8.46. The molecule has 0 bridgehead atoms. The van der Waals surface area contributed by atoms with E-state index in [-0.39, 0.29) is 31.2 Å². The first-order chi connectivity index (χ1) is 17.0. The molecule has 4 heterocycles. The van der Waals surface area contributed by atoms with Crippen LogP contribution in [0, 0.1) is 5.82 Å². The number of amides is 3. The summed E-state index contributed by atoms with van der Waals surface area (Å²) in [5.41, 5.74) is 4.64. The van der Waals surface area contributed by atoms with Crippen LogP contribution in [0.2, 0.25) is 0 Å². The Morgan fingerprint density at radius 2 is 1.91 bits per heavy atom. The molecule has 9 nitrogen and oxygen atoms in total. The van der Waals surface area contributed by atoms with Crippen molar-refractivity contribution in [3.05, 3.63) is 59.2 Å². The third-order valence-corrected chi connectivity index (χ3v) is 7.23. The fourth-order valence-corrected chi connectivity index (χ4v) is 5.36. The summed E-state index contributed by atoms with van der Waals surface area (Å²) >= 11 is 0. The number of anilines is 1. The number of nitrogens with one attached hydrogen (secondary N) is 2. The van der Waals surface area contributed by atoms with Crippen LogP contribution in [0.25, 0.3) is 11.0 Å². The number of rotatable bonds is 4. The Morgan fingerprint density at radius 1 is 1.09 bits per heavy atom. The minimum absolute atomic E-state index is 0.190. The molecule has 0 radical (unpaired) electrons. The number of fused-ring (bicyclic) bond motifs is 2. The van der Waals surface area contributed by atoms with Gasteiger partial charge in [0.25, 0.3) is 5.91 Å². The Kier molecular flexibility index (Phi) is 5.25. The molecule has 35 heavy (non-hydrogen) atoms. The van der Waals surface area contributed by atoms with Crippen LogP contribution in [0.1, 0.15) is 34.3 Å². The van der Waals surface area contributed by atoms with Crippen molar-refractivity contribution < 1.29 is 18.8 Å². The molecule has 1 aromatic heterocycles. The lowest BCUT2D eigenvalue weighted by Crippen LogP contribution is -2.52. The van der Waals surface area contributed by atoms with E-state index in [1.54, 1.807) is 12.4 Å². The zero-order valence-corrected chi connectivity index (χ0v) is 19.1. The van der Waals surface area contributed by atoms with Crippen LogP contribution in [0.3, 0.4) is 0 Å². The summed E-state index contributed by atoms with van der Waals surface area (Å²) in [7, 11) is 0. The van der Waals surface area contributed by atoms with Crippen molar-refractivity contribution in [1.82, 2.24) is 25.1 Å². The van der Waals surface area contributed by atoms with Crippen LogP contribution in [0.15, 0.2) is 36.7 Å². The predicted molar refractivity (Wildman–Crippen MR) is 126 cm³/mol. The summed E-state index contributed by atoms with van der Waals surface area (Å²) in [4.78, 5) is 50.0. The molecule has 0 saturated carbocycles. The van der Waals surface area contributed by atoms with Gasteiger partial charge < -0.3 is 14.8 Å². The molecule has 2 aromatic carbocycles. The highest BCUT2D eigenvalue weighted by molar-refractivity contribution is 6.05. The van der Waals surface area contributed by atoms with E-state index in [0.717, 1.165) is 36.2 Å². The van der Waals surface area contributed by atoms with Gasteiger partial charge in [-0.15, -0.1) is 0 Å². The Bertz CT molecular complexity index is 1350. The molecular formula is C25H25FN6O3. The van der Waals surface area contributed by atoms with Gasteiger partial charge in [-0.2, -0.15) is 0 Å². The minimum atomic E-state index is -0.707. The van der Waals surface area contributed by atoms with Gasteiger partial charge in [-0.1, -0.05) is 12.1 Å². The lowest BCUT2D eigenvalue weighted by atomic mass is 10.0. The maximum atomic E-state index is 15.1. The average Bonchev–Trinajstić information content (AvgIpc) is 3.45. The van der Waals surface area contributed by atoms with E-state index in [0.29, 0.717) is 29.9 Å². The van der Waals surface area contributed by atoms with E-state index >= 15 is 4.39 Å². The van der Waals surface area contributed by atoms with Gasteiger partial charge in [-0.25, -0.2) is 9.37 Å². The Balaban J connectivity index is 1.15. The van der Waals surface area contributed by atoms with Crippen molar-refractivity contribution in [2.75, 3.05) is 31.1 Å². The van der Waals surface area contributed by atoms with Crippen LogP contribution in [-0.4, -0.2) is 69.7 Å². The lowest BCUT2D eigenvalue weighted by Gasteiger charge is -2.36. The number of piperazine rings is 1. The average molecular weight is 477 g/mol. The number of carbonyl (C=O) groups excluding carboxylic acids is 3. The first-order valence-corrected chi connectivity index (χ1v) is 11.8. The minimum Gasteiger partial charge on any atom is -0.367 e. The summed E-state index contributed by atoms with van der Waals surface area (Å²) in [5.74, 6) is -1.59. The fraction of sp³-hybridized carbons (Fsp3) is 0.360. The van der Waals surface area contributed by atoms with E-state index in [2.05, 4.69) is 26.3 Å². The number of H-pyrrole nitrogens is 1. The third-order valence-electron chi connectivity index (χ3n) is 7.23. The molecule has 3 aliphatic rings. The Labute approximate surface area is 200 Å². The largest absolute Gasteiger partial charge is 0.367 e. The van der Waals surface area contributed by atoms with Crippen molar-refractivity contribution in [2.45, 2.75) is 32.0 Å². The molecular weight excluding hydrogens is 451 g/mol. The maximum Gasteiger partial charge on any atom is 0.255 e. The van der Waals surface area contributed by atoms with Gasteiger partial charge in [-0.05, 0) is 35.7 Å². The topological polar surface area (TPSA) is 102 Å². The molecule has 0 spiro atoms. The van der Waals surface area contributed by atoms with Gasteiger partial charge in [-0.3, -0.25) is 24.6 Å². The number of aromatic amines is 1. The van der Waals surface area contributed by atoms with Gasteiger partial charge in [0.05, 0.1) is 23.0 Å². The summed E-state index contributed by atoms with van der Waals surface area (Å²) in [6, 6.07) is 8.44. The summed E-state index contributed by atoms with van der Waals surface area (Å²) in [5, 5.41) is 2.29. The van der Waals surface area contributed by atoms with E-state index in [1.165, 1.54) is 11.0 Å². The second-order valence-corrected chi connectivity index (χ2v) is 9.34. The SMILES string of the molecule is O=C1CCC(N2Cc3cc(N4CCN(Cc5cccc6[nH]cnc56)CC4)c(F)cc3C2=O)C(=O)N1. The molecule has 3 aliphatic heterocycles. The Hall–Kier alpha value is -3.79.